The Morgan fingerprint density at radius 1 is 1.73 bits per heavy atom. The van der Waals surface area contributed by atoms with Gasteiger partial charge in [-0.25, -0.2) is 0 Å². The second kappa shape index (κ2) is 5.35. The number of halogens is 1. The lowest BCUT2D eigenvalue weighted by Gasteiger charge is -2.18. The average Bonchev–Trinajstić information content (AvgIpc) is 2.02. The maximum Gasteiger partial charge on any atom is 0.237 e. The van der Waals surface area contributed by atoms with Crippen molar-refractivity contribution in [3.05, 3.63) is 0 Å². The number of amides is 1. The summed E-state index contributed by atoms with van der Waals surface area (Å²) in [6, 6.07) is 0. The van der Waals surface area contributed by atoms with Gasteiger partial charge in [-0.15, -0.1) is 11.6 Å². The van der Waals surface area contributed by atoms with E-state index in [2.05, 4.69) is 0 Å². The molecule has 0 fully saturated rings. The predicted molar refractivity (Wildman–Crippen MR) is 41.4 cm³/mol. The molecule has 0 aromatic rings. The minimum absolute atomic E-state index is 0.103. The van der Waals surface area contributed by atoms with E-state index in [1.165, 1.54) is 11.9 Å². The van der Waals surface area contributed by atoms with Crippen LogP contribution in [-0.4, -0.2) is 53.2 Å². The number of carbonyl (C=O) groups is 1. The van der Waals surface area contributed by atoms with Crippen LogP contribution in [0.25, 0.3) is 0 Å². The molecule has 0 aliphatic heterocycles. The number of nitrogens with zero attached hydrogens (tertiary/aromatic N) is 1. The van der Waals surface area contributed by atoms with Crippen molar-refractivity contribution in [3.8, 4) is 0 Å². The number of aliphatic hydroxyl groups is 2. The summed E-state index contributed by atoms with van der Waals surface area (Å²) in [6.07, 6.45) is -0.882. The lowest BCUT2D eigenvalue weighted by molar-refractivity contribution is -0.128. The van der Waals surface area contributed by atoms with Crippen molar-refractivity contribution >= 4 is 17.5 Å². The molecule has 11 heavy (non-hydrogen) atoms. The van der Waals surface area contributed by atoms with Gasteiger partial charge in [-0.1, -0.05) is 0 Å². The van der Waals surface area contributed by atoms with E-state index in [0.717, 1.165) is 0 Å². The standard InChI is InChI=1S/C6H12ClNO3/c1-8(6(11)2-7)3-5(10)4-9/h5,9-10H,2-4H2,1H3/t5-/m0/s1. The Morgan fingerprint density at radius 2 is 2.27 bits per heavy atom. The molecule has 0 aromatic heterocycles. The van der Waals surface area contributed by atoms with Gasteiger partial charge in [0.15, 0.2) is 0 Å². The van der Waals surface area contributed by atoms with Gasteiger partial charge in [0.25, 0.3) is 0 Å². The molecule has 0 aliphatic carbocycles. The van der Waals surface area contributed by atoms with Gasteiger partial charge in [0, 0.05) is 13.6 Å². The van der Waals surface area contributed by atoms with Gasteiger partial charge in [-0.3, -0.25) is 4.79 Å². The van der Waals surface area contributed by atoms with Crippen molar-refractivity contribution < 1.29 is 15.0 Å². The quantitative estimate of drug-likeness (QED) is 0.549. The Morgan fingerprint density at radius 3 is 2.64 bits per heavy atom. The molecule has 0 spiro atoms. The third kappa shape index (κ3) is 4.19. The molecular weight excluding hydrogens is 170 g/mol. The molecule has 0 aliphatic rings. The van der Waals surface area contributed by atoms with Crippen LogP contribution in [0.4, 0.5) is 0 Å². The van der Waals surface area contributed by atoms with E-state index in [4.69, 9.17) is 21.8 Å². The average molecular weight is 182 g/mol. The summed E-state index contributed by atoms with van der Waals surface area (Å²) in [6.45, 7) is -0.234. The fraction of sp³-hybridized carbons (Fsp3) is 0.833. The third-order valence-electron chi connectivity index (χ3n) is 1.24. The molecular formula is C6H12ClNO3. The number of rotatable bonds is 4. The predicted octanol–water partition coefficient (Wildman–Crippen LogP) is -0.963. The molecule has 0 bridgehead atoms. The van der Waals surface area contributed by atoms with Crippen LogP contribution in [0.1, 0.15) is 0 Å². The van der Waals surface area contributed by atoms with Crippen molar-refractivity contribution in [1.82, 2.24) is 4.90 Å². The highest BCUT2D eigenvalue weighted by atomic mass is 35.5. The molecule has 0 radical (unpaired) electrons. The number of hydrogen-bond acceptors (Lipinski definition) is 3. The fourth-order valence-electron chi connectivity index (χ4n) is 0.578. The summed E-state index contributed by atoms with van der Waals surface area (Å²) in [7, 11) is 1.52. The first kappa shape index (κ1) is 10.7. The normalized spacial score (nSPS) is 12.7. The molecule has 0 rings (SSSR count). The van der Waals surface area contributed by atoms with Crippen LogP contribution in [0.2, 0.25) is 0 Å². The van der Waals surface area contributed by atoms with Gasteiger partial charge in [0.05, 0.1) is 12.7 Å². The first-order valence-corrected chi connectivity index (χ1v) is 3.74. The van der Waals surface area contributed by atoms with Crippen molar-refractivity contribution in [1.29, 1.82) is 0 Å². The van der Waals surface area contributed by atoms with Gasteiger partial charge in [0.2, 0.25) is 5.91 Å². The highest BCUT2D eigenvalue weighted by molar-refractivity contribution is 6.27. The summed E-state index contributed by atoms with van der Waals surface area (Å²) in [4.78, 5) is 12.0. The Balaban J connectivity index is 3.67. The number of alkyl halides is 1. The summed E-state index contributed by atoms with van der Waals surface area (Å²) < 4.78 is 0. The molecule has 66 valence electrons. The summed E-state index contributed by atoms with van der Waals surface area (Å²) in [5, 5.41) is 17.3. The smallest absolute Gasteiger partial charge is 0.237 e. The molecule has 0 aromatic carbocycles. The number of likely N-dealkylation sites (N-methyl/N-ethyl adjacent to an activating group) is 1. The maximum absolute atomic E-state index is 10.8. The van der Waals surface area contributed by atoms with Crippen LogP contribution in [-0.2, 0) is 4.79 Å². The van der Waals surface area contributed by atoms with Crippen LogP contribution < -0.4 is 0 Å². The molecule has 2 N–H and O–H groups in total. The van der Waals surface area contributed by atoms with Crippen LogP contribution in [0, 0.1) is 0 Å². The summed E-state index contributed by atoms with van der Waals surface area (Å²) >= 11 is 5.24. The minimum atomic E-state index is -0.882. The Hall–Kier alpha value is -0.320. The van der Waals surface area contributed by atoms with E-state index < -0.39 is 6.10 Å². The van der Waals surface area contributed by atoms with E-state index in [-0.39, 0.29) is 24.9 Å². The SMILES string of the molecule is CN(C[C@H](O)CO)C(=O)CCl. The van der Waals surface area contributed by atoms with Gasteiger partial charge in [-0.05, 0) is 0 Å². The molecule has 4 nitrogen and oxygen atoms in total. The van der Waals surface area contributed by atoms with Crippen molar-refractivity contribution in [3.63, 3.8) is 0 Å². The molecule has 0 saturated heterocycles. The van der Waals surface area contributed by atoms with Crippen LogP contribution in [0.15, 0.2) is 0 Å². The number of carbonyl (C=O) groups excluding carboxylic acids is 1. The van der Waals surface area contributed by atoms with Crippen molar-refractivity contribution in [2.24, 2.45) is 0 Å². The molecule has 5 heteroatoms. The second-order valence-electron chi connectivity index (χ2n) is 2.24. The van der Waals surface area contributed by atoms with Gasteiger partial charge < -0.3 is 15.1 Å². The summed E-state index contributed by atoms with van der Waals surface area (Å²) in [5.74, 6) is -0.367. The number of aliphatic hydroxyl groups excluding tert-OH is 2. The monoisotopic (exact) mass is 181 g/mol. The summed E-state index contributed by atoms with van der Waals surface area (Å²) in [5.41, 5.74) is 0. The maximum atomic E-state index is 10.8. The fourth-order valence-corrected chi connectivity index (χ4v) is 0.782. The zero-order valence-corrected chi connectivity index (χ0v) is 7.08. The zero-order valence-electron chi connectivity index (χ0n) is 6.33. The van der Waals surface area contributed by atoms with E-state index in [9.17, 15) is 4.79 Å². The molecule has 1 atom stereocenters. The van der Waals surface area contributed by atoms with E-state index in [1.54, 1.807) is 0 Å². The number of hydrogen-bond donors (Lipinski definition) is 2. The van der Waals surface area contributed by atoms with Crippen molar-refractivity contribution in [2.75, 3.05) is 26.1 Å². The van der Waals surface area contributed by atoms with E-state index in [0.29, 0.717) is 0 Å². The third-order valence-corrected chi connectivity index (χ3v) is 1.46. The van der Waals surface area contributed by atoms with Gasteiger partial charge >= 0.3 is 0 Å². The van der Waals surface area contributed by atoms with Gasteiger partial charge in [0.1, 0.15) is 5.88 Å². The second-order valence-corrected chi connectivity index (χ2v) is 2.51. The molecule has 0 heterocycles. The van der Waals surface area contributed by atoms with Crippen molar-refractivity contribution in [2.45, 2.75) is 6.10 Å². The molecule has 0 saturated carbocycles. The van der Waals surface area contributed by atoms with Crippen LogP contribution in [0.3, 0.4) is 0 Å². The molecule has 0 unspecified atom stereocenters. The molecule has 1 amide bonds. The Labute approximate surface area is 70.4 Å². The minimum Gasteiger partial charge on any atom is -0.394 e. The van der Waals surface area contributed by atoms with E-state index >= 15 is 0 Å². The van der Waals surface area contributed by atoms with Crippen LogP contribution >= 0.6 is 11.6 Å². The largest absolute Gasteiger partial charge is 0.394 e. The Kier molecular flexibility index (Phi) is 5.19. The zero-order chi connectivity index (χ0) is 8.85. The Bertz CT molecular complexity index is 131. The highest BCUT2D eigenvalue weighted by Gasteiger charge is 2.10. The van der Waals surface area contributed by atoms with Gasteiger partial charge in [-0.2, -0.15) is 0 Å². The van der Waals surface area contributed by atoms with Crippen LogP contribution in [0.5, 0.6) is 0 Å². The first-order valence-electron chi connectivity index (χ1n) is 3.20. The first-order chi connectivity index (χ1) is 5.11. The lowest BCUT2D eigenvalue weighted by atomic mass is 10.3. The topological polar surface area (TPSA) is 60.8 Å². The lowest BCUT2D eigenvalue weighted by Crippen LogP contribution is -2.36. The highest BCUT2D eigenvalue weighted by Crippen LogP contribution is 1.91. The van der Waals surface area contributed by atoms with E-state index in [1.807, 2.05) is 0 Å².